The summed E-state index contributed by atoms with van der Waals surface area (Å²) >= 11 is 0. The Bertz CT molecular complexity index is 1020. The number of aromatic hydroxyl groups is 1. The van der Waals surface area contributed by atoms with E-state index in [-0.39, 0.29) is 18.1 Å². The highest BCUT2D eigenvalue weighted by Gasteiger charge is 2.57. The number of hydrogen-bond acceptors (Lipinski definition) is 7. The van der Waals surface area contributed by atoms with Crippen LogP contribution in [0, 0.1) is 23.7 Å². The standard InChI is InChI=1S/C27H35NO7/c1-5-16(12-17-6-9-18(30)10-7-17)8-11-22(31)23-19(15(2)3)13-20-24(21(23)14-29)26(33)28(25(20)32)27(34)35-4/h6-7,9-10,12,15,20-22,24,29-31H,5,8,11,13-14H2,1-4H3/b16-12+/t20-,21+,22-,24-/m1/s1. The molecular weight excluding hydrogens is 450 g/mol. The van der Waals surface area contributed by atoms with Crippen LogP contribution in [0.5, 0.6) is 5.75 Å². The summed E-state index contributed by atoms with van der Waals surface area (Å²) in [6.07, 6.45) is 2.12. The van der Waals surface area contributed by atoms with Gasteiger partial charge in [-0.3, -0.25) is 9.59 Å². The number of carbonyl (C=O) groups is 3. The normalized spacial score (nSPS) is 23.7. The van der Waals surface area contributed by atoms with E-state index in [0.29, 0.717) is 23.3 Å². The van der Waals surface area contributed by atoms with Gasteiger partial charge in [0.15, 0.2) is 0 Å². The SMILES string of the molecule is CC/C(=C\c1ccc(O)cc1)CC[C@@H](O)C1=C(C(C)C)C[C@H]2C(=O)N(C(=O)OC)C(=O)[C@H]2[C@H]1CO. The summed E-state index contributed by atoms with van der Waals surface area (Å²) in [4.78, 5) is 38.6. The zero-order valence-corrected chi connectivity index (χ0v) is 20.7. The van der Waals surface area contributed by atoms with E-state index in [9.17, 15) is 29.7 Å². The van der Waals surface area contributed by atoms with Crippen molar-refractivity contribution < 1.29 is 34.4 Å². The summed E-state index contributed by atoms with van der Waals surface area (Å²) in [5.74, 6) is -3.52. The first-order valence-corrected chi connectivity index (χ1v) is 12.1. The maximum absolute atomic E-state index is 13.1. The van der Waals surface area contributed by atoms with Gasteiger partial charge in [-0.15, -0.1) is 0 Å². The predicted octanol–water partition coefficient (Wildman–Crippen LogP) is 3.66. The fraction of sp³-hybridized carbons (Fsp3) is 0.519. The predicted molar refractivity (Wildman–Crippen MR) is 130 cm³/mol. The molecule has 1 aromatic rings. The number of methoxy groups -OCH3 is 1. The molecule has 3 amide bonds. The molecule has 1 aliphatic heterocycles. The average Bonchev–Trinajstić information content (AvgIpc) is 3.10. The highest BCUT2D eigenvalue weighted by atomic mass is 16.5. The third-order valence-corrected chi connectivity index (χ3v) is 7.19. The van der Waals surface area contributed by atoms with Crippen LogP contribution in [0.3, 0.4) is 0 Å². The number of imide groups is 3. The molecule has 3 N–H and O–H groups in total. The lowest BCUT2D eigenvalue weighted by Gasteiger charge is -2.38. The molecule has 0 spiro atoms. The van der Waals surface area contributed by atoms with Crippen molar-refractivity contribution in [2.45, 2.75) is 52.6 Å². The Kier molecular flexibility index (Phi) is 8.51. The average molecular weight is 486 g/mol. The molecule has 190 valence electrons. The maximum Gasteiger partial charge on any atom is 0.423 e. The van der Waals surface area contributed by atoms with Crippen LogP contribution >= 0.6 is 0 Å². The minimum Gasteiger partial charge on any atom is -0.508 e. The number of aliphatic hydroxyl groups excluding tert-OH is 2. The minimum absolute atomic E-state index is 0.0112. The highest BCUT2D eigenvalue weighted by Crippen LogP contribution is 2.48. The summed E-state index contributed by atoms with van der Waals surface area (Å²) < 4.78 is 4.63. The Morgan fingerprint density at radius 1 is 1.20 bits per heavy atom. The van der Waals surface area contributed by atoms with E-state index in [0.717, 1.165) is 30.2 Å². The van der Waals surface area contributed by atoms with Crippen LogP contribution in [0.4, 0.5) is 4.79 Å². The van der Waals surface area contributed by atoms with E-state index in [1.54, 1.807) is 12.1 Å². The second-order valence-corrected chi connectivity index (χ2v) is 9.54. The lowest BCUT2D eigenvalue weighted by molar-refractivity contribution is -0.137. The highest BCUT2D eigenvalue weighted by molar-refractivity contribution is 6.16. The van der Waals surface area contributed by atoms with Gasteiger partial charge in [-0.05, 0) is 54.9 Å². The van der Waals surface area contributed by atoms with Crippen molar-refractivity contribution in [3.8, 4) is 5.75 Å². The molecule has 1 fully saturated rings. The Morgan fingerprint density at radius 3 is 2.40 bits per heavy atom. The second kappa shape index (κ2) is 11.2. The van der Waals surface area contributed by atoms with Gasteiger partial charge in [-0.25, -0.2) is 4.79 Å². The quantitative estimate of drug-likeness (QED) is 0.379. The molecule has 1 aliphatic carbocycles. The van der Waals surface area contributed by atoms with Crippen LogP contribution in [0.15, 0.2) is 41.0 Å². The van der Waals surface area contributed by atoms with Gasteiger partial charge in [-0.2, -0.15) is 4.90 Å². The smallest absolute Gasteiger partial charge is 0.423 e. The van der Waals surface area contributed by atoms with Crippen LogP contribution in [0.25, 0.3) is 6.08 Å². The Balaban J connectivity index is 1.88. The first-order chi connectivity index (χ1) is 16.6. The molecule has 1 heterocycles. The first-order valence-electron chi connectivity index (χ1n) is 12.1. The molecule has 0 radical (unpaired) electrons. The fourth-order valence-electron chi connectivity index (χ4n) is 5.35. The van der Waals surface area contributed by atoms with Gasteiger partial charge in [0.25, 0.3) is 0 Å². The van der Waals surface area contributed by atoms with E-state index in [1.165, 1.54) is 0 Å². The minimum atomic E-state index is -1.02. The number of fused-ring (bicyclic) bond motifs is 1. The lowest BCUT2D eigenvalue weighted by atomic mass is 9.66. The third-order valence-electron chi connectivity index (χ3n) is 7.19. The molecular formula is C27H35NO7. The Labute approximate surface area is 205 Å². The number of hydrogen-bond donors (Lipinski definition) is 3. The van der Waals surface area contributed by atoms with Crippen molar-refractivity contribution in [1.82, 2.24) is 4.90 Å². The zero-order valence-electron chi connectivity index (χ0n) is 20.7. The van der Waals surface area contributed by atoms with Crippen molar-refractivity contribution >= 4 is 24.0 Å². The van der Waals surface area contributed by atoms with Crippen LogP contribution in [-0.4, -0.2) is 57.9 Å². The summed E-state index contributed by atoms with van der Waals surface area (Å²) in [6.45, 7) is 5.53. The van der Waals surface area contributed by atoms with Gasteiger partial charge < -0.3 is 20.1 Å². The fourth-order valence-corrected chi connectivity index (χ4v) is 5.35. The van der Waals surface area contributed by atoms with Gasteiger partial charge in [-0.1, -0.05) is 50.1 Å². The largest absolute Gasteiger partial charge is 0.508 e. The van der Waals surface area contributed by atoms with Gasteiger partial charge in [0.1, 0.15) is 5.75 Å². The number of allylic oxidation sites excluding steroid dienone is 2. The number of phenolic OH excluding ortho intramolecular Hbond substituents is 1. The molecule has 8 nitrogen and oxygen atoms in total. The van der Waals surface area contributed by atoms with E-state index in [1.807, 2.05) is 39.0 Å². The molecule has 1 saturated heterocycles. The number of amides is 3. The molecule has 2 aliphatic rings. The molecule has 0 aromatic heterocycles. The Morgan fingerprint density at radius 2 is 1.86 bits per heavy atom. The summed E-state index contributed by atoms with van der Waals surface area (Å²) in [5.41, 5.74) is 3.52. The van der Waals surface area contributed by atoms with E-state index in [2.05, 4.69) is 4.74 Å². The number of ether oxygens (including phenoxy) is 1. The van der Waals surface area contributed by atoms with Crippen molar-refractivity contribution in [3.05, 3.63) is 46.5 Å². The lowest BCUT2D eigenvalue weighted by Crippen LogP contribution is -2.40. The van der Waals surface area contributed by atoms with E-state index in [4.69, 9.17) is 0 Å². The number of benzene rings is 1. The number of nitrogens with zero attached hydrogens (tertiary/aromatic N) is 1. The molecule has 0 unspecified atom stereocenters. The van der Waals surface area contributed by atoms with Gasteiger partial charge in [0.2, 0.25) is 11.8 Å². The number of aliphatic hydroxyl groups is 2. The molecule has 8 heteroatoms. The van der Waals surface area contributed by atoms with Crippen LogP contribution in [0.2, 0.25) is 0 Å². The van der Waals surface area contributed by atoms with Crippen LogP contribution in [0.1, 0.15) is 52.0 Å². The molecule has 4 atom stereocenters. The van der Waals surface area contributed by atoms with Gasteiger partial charge in [0, 0.05) is 5.92 Å². The zero-order chi connectivity index (χ0) is 25.9. The van der Waals surface area contributed by atoms with Crippen LogP contribution in [-0.2, 0) is 14.3 Å². The van der Waals surface area contributed by atoms with Gasteiger partial charge in [0.05, 0.1) is 31.7 Å². The third kappa shape index (κ3) is 5.33. The summed E-state index contributed by atoms with van der Waals surface area (Å²) in [7, 11) is 1.11. The number of rotatable bonds is 8. The maximum atomic E-state index is 13.1. The molecule has 0 bridgehead atoms. The molecule has 35 heavy (non-hydrogen) atoms. The summed E-state index contributed by atoms with van der Waals surface area (Å²) in [5, 5.41) is 31.1. The number of likely N-dealkylation sites (tertiary alicyclic amines) is 1. The summed E-state index contributed by atoms with van der Waals surface area (Å²) in [6, 6.07) is 6.88. The monoisotopic (exact) mass is 485 g/mol. The molecule has 0 saturated carbocycles. The number of carbonyl (C=O) groups excluding carboxylic acids is 3. The first kappa shape index (κ1) is 26.6. The van der Waals surface area contributed by atoms with Crippen molar-refractivity contribution in [1.29, 1.82) is 0 Å². The topological polar surface area (TPSA) is 124 Å². The molecule has 1 aromatic carbocycles. The Hall–Kier alpha value is -2.97. The van der Waals surface area contributed by atoms with Crippen molar-refractivity contribution in [3.63, 3.8) is 0 Å². The van der Waals surface area contributed by atoms with Crippen molar-refractivity contribution in [2.24, 2.45) is 23.7 Å². The van der Waals surface area contributed by atoms with Gasteiger partial charge >= 0.3 is 6.09 Å². The van der Waals surface area contributed by atoms with Crippen molar-refractivity contribution in [2.75, 3.05) is 13.7 Å². The second-order valence-electron chi connectivity index (χ2n) is 9.54. The molecule has 3 rings (SSSR count). The van der Waals surface area contributed by atoms with E-state index >= 15 is 0 Å². The van der Waals surface area contributed by atoms with Crippen LogP contribution < -0.4 is 0 Å². The number of phenols is 1. The van der Waals surface area contributed by atoms with E-state index < -0.39 is 48.4 Å².